The van der Waals surface area contributed by atoms with Crippen LogP contribution in [0.5, 0.6) is 0 Å². The molecule has 8 nitrogen and oxygen atoms in total. The van der Waals surface area contributed by atoms with Gasteiger partial charge in [0.05, 0.1) is 18.7 Å². The van der Waals surface area contributed by atoms with Crippen molar-refractivity contribution in [3.63, 3.8) is 0 Å². The summed E-state index contributed by atoms with van der Waals surface area (Å²) in [5.41, 5.74) is 3.18. The van der Waals surface area contributed by atoms with E-state index in [1.807, 2.05) is 25.1 Å². The lowest BCUT2D eigenvalue weighted by Crippen LogP contribution is -2.33. The number of carbonyl (C=O) groups excluding carboxylic acids is 2. The molecule has 2 aromatic heterocycles. The van der Waals surface area contributed by atoms with Crippen molar-refractivity contribution in [2.45, 2.75) is 38.6 Å². The second-order valence-corrected chi connectivity index (χ2v) is 8.17. The van der Waals surface area contributed by atoms with Gasteiger partial charge in [-0.25, -0.2) is 15.0 Å². The lowest BCUT2D eigenvalue weighted by molar-refractivity contribution is -0.117. The molecule has 2 aliphatic rings. The van der Waals surface area contributed by atoms with E-state index in [1.165, 1.54) is 18.0 Å². The molecule has 0 saturated carbocycles. The fourth-order valence-corrected chi connectivity index (χ4v) is 4.50. The van der Waals surface area contributed by atoms with E-state index in [-0.39, 0.29) is 17.9 Å². The van der Waals surface area contributed by atoms with Crippen LogP contribution in [0.3, 0.4) is 0 Å². The Morgan fingerprint density at radius 1 is 1.16 bits per heavy atom. The van der Waals surface area contributed by atoms with Crippen LogP contribution in [0.25, 0.3) is 0 Å². The van der Waals surface area contributed by atoms with Crippen LogP contribution in [-0.2, 0) is 17.6 Å². The molecule has 32 heavy (non-hydrogen) atoms. The highest BCUT2D eigenvalue weighted by Crippen LogP contribution is 2.35. The molecule has 0 spiro atoms. The summed E-state index contributed by atoms with van der Waals surface area (Å²) in [6.07, 6.45) is 7.27. The average Bonchev–Trinajstić information content (AvgIpc) is 3.43. The van der Waals surface area contributed by atoms with E-state index in [2.05, 4.69) is 22.1 Å². The van der Waals surface area contributed by atoms with Crippen LogP contribution < -0.4 is 4.90 Å². The third-order valence-corrected chi connectivity index (χ3v) is 6.15. The predicted molar refractivity (Wildman–Crippen MR) is 118 cm³/mol. The standard InChI is InChI=1S/C24H24N6O2/c1-16-18-14-21(31)30(13-9-17-6-3-2-4-7-17)23(18)28-22(27-16)20-8-5-12-29(20)24(32)19-15-25-10-11-26-19/h2-4,6-7,10-11,15,20H,5,8-9,12-14H2,1H3. The van der Waals surface area contributed by atoms with Gasteiger partial charge in [-0.05, 0) is 31.7 Å². The Morgan fingerprint density at radius 3 is 2.78 bits per heavy atom. The molecule has 0 bridgehead atoms. The Labute approximate surface area is 186 Å². The van der Waals surface area contributed by atoms with Gasteiger partial charge >= 0.3 is 0 Å². The minimum Gasteiger partial charge on any atom is -0.327 e. The first kappa shape index (κ1) is 20.2. The van der Waals surface area contributed by atoms with Crippen molar-refractivity contribution < 1.29 is 9.59 Å². The SMILES string of the molecule is Cc1nc(C2CCCN2C(=O)c2cnccn2)nc2c1CC(=O)N2CCc1ccccc1. The number of hydrogen-bond acceptors (Lipinski definition) is 6. The van der Waals surface area contributed by atoms with Gasteiger partial charge in [-0.3, -0.25) is 19.5 Å². The molecule has 1 aromatic carbocycles. The molecule has 0 radical (unpaired) electrons. The highest BCUT2D eigenvalue weighted by atomic mass is 16.2. The average molecular weight is 428 g/mol. The van der Waals surface area contributed by atoms with E-state index in [0.717, 1.165) is 30.5 Å². The number of aryl methyl sites for hydroxylation is 1. The summed E-state index contributed by atoms with van der Waals surface area (Å²) >= 11 is 0. The highest BCUT2D eigenvalue weighted by Gasteiger charge is 2.36. The molecular weight excluding hydrogens is 404 g/mol. The van der Waals surface area contributed by atoms with Gasteiger partial charge in [0.2, 0.25) is 5.91 Å². The van der Waals surface area contributed by atoms with Crippen molar-refractivity contribution in [2.24, 2.45) is 0 Å². The molecule has 8 heteroatoms. The van der Waals surface area contributed by atoms with Crippen LogP contribution >= 0.6 is 0 Å². The molecule has 1 saturated heterocycles. The molecule has 162 valence electrons. The summed E-state index contributed by atoms with van der Waals surface area (Å²) in [5.74, 6) is 1.16. The summed E-state index contributed by atoms with van der Waals surface area (Å²) in [6.45, 7) is 3.11. The zero-order chi connectivity index (χ0) is 22.1. The smallest absolute Gasteiger partial charge is 0.274 e. The first-order valence-corrected chi connectivity index (χ1v) is 10.9. The van der Waals surface area contributed by atoms with E-state index in [0.29, 0.717) is 36.8 Å². The molecule has 1 atom stereocenters. The minimum atomic E-state index is -0.236. The van der Waals surface area contributed by atoms with Crippen molar-refractivity contribution in [3.8, 4) is 0 Å². The number of rotatable bonds is 5. The number of likely N-dealkylation sites (tertiary alicyclic amines) is 1. The maximum Gasteiger partial charge on any atom is 0.274 e. The summed E-state index contributed by atoms with van der Waals surface area (Å²) in [5, 5.41) is 0. The molecule has 2 amide bonds. The van der Waals surface area contributed by atoms with Gasteiger partial charge < -0.3 is 4.90 Å². The Kier molecular flexibility index (Phi) is 5.34. The third-order valence-electron chi connectivity index (χ3n) is 6.15. The van der Waals surface area contributed by atoms with Crippen molar-refractivity contribution in [1.82, 2.24) is 24.8 Å². The number of aromatic nitrogens is 4. The second-order valence-electron chi connectivity index (χ2n) is 8.17. The van der Waals surface area contributed by atoms with Crippen LogP contribution in [0, 0.1) is 6.92 Å². The van der Waals surface area contributed by atoms with Gasteiger partial charge in [-0.15, -0.1) is 0 Å². The van der Waals surface area contributed by atoms with E-state index in [4.69, 9.17) is 9.97 Å². The zero-order valence-electron chi connectivity index (χ0n) is 17.9. The van der Waals surface area contributed by atoms with E-state index < -0.39 is 0 Å². The van der Waals surface area contributed by atoms with Crippen LogP contribution in [0.4, 0.5) is 5.82 Å². The zero-order valence-corrected chi connectivity index (χ0v) is 17.9. The largest absolute Gasteiger partial charge is 0.327 e. The first-order valence-electron chi connectivity index (χ1n) is 10.9. The number of amides is 2. The van der Waals surface area contributed by atoms with Gasteiger partial charge in [-0.2, -0.15) is 0 Å². The molecule has 0 aliphatic carbocycles. The highest BCUT2D eigenvalue weighted by molar-refractivity contribution is 6.00. The van der Waals surface area contributed by atoms with Crippen LogP contribution in [-0.4, -0.2) is 49.7 Å². The minimum absolute atomic E-state index is 0.0457. The maximum absolute atomic E-state index is 13.0. The van der Waals surface area contributed by atoms with Crippen molar-refractivity contribution in [2.75, 3.05) is 18.0 Å². The molecule has 3 aromatic rings. The number of nitrogens with zero attached hydrogens (tertiary/aromatic N) is 6. The topological polar surface area (TPSA) is 92.2 Å². The molecule has 0 N–H and O–H groups in total. The first-order chi connectivity index (χ1) is 15.6. The Balaban J connectivity index is 1.42. The van der Waals surface area contributed by atoms with Crippen LogP contribution in [0.1, 0.15) is 52.0 Å². The monoisotopic (exact) mass is 428 g/mol. The van der Waals surface area contributed by atoms with Gasteiger partial charge in [0.1, 0.15) is 11.5 Å². The van der Waals surface area contributed by atoms with Gasteiger partial charge in [0.25, 0.3) is 5.91 Å². The van der Waals surface area contributed by atoms with Crippen molar-refractivity contribution in [3.05, 3.63) is 77.3 Å². The van der Waals surface area contributed by atoms with Crippen molar-refractivity contribution in [1.29, 1.82) is 0 Å². The quantitative estimate of drug-likeness (QED) is 0.620. The number of fused-ring (bicyclic) bond motifs is 1. The van der Waals surface area contributed by atoms with E-state index >= 15 is 0 Å². The third kappa shape index (κ3) is 3.72. The Hall–Kier alpha value is -3.68. The fraction of sp³-hybridized carbons (Fsp3) is 0.333. The lowest BCUT2D eigenvalue weighted by Gasteiger charge is -2.24. The van der Waals surface area contributed by atoms with Gasteiger partial charge in [0, 0.05) is 36.7 Å². The normalized spacial score (nSPS) is 17.7. The summed E-state index contributed by atoms with van der Waals surface area (Å²) in [7, 11) is 0. The maximum atomic E-state index is 13.0. The molecule has 1 unspecified atom stereocenters. The summed E-state index contributed by atoms with van der Waals surface area (Å²) in [4.78, 5) is 47.1. The number of benzene rings is 1. The predicted octanol–water partition coefficient (Wildman–Crippen LogP) is 2.68. The van der Waals surface area contributed by atoms with E-state index in [9.17, 15) is 9.59 Å². The summed E-state index contributed by atoms with van der Waals surface area (Å²) < 4.78 is 0. The van der Waals surface area contributed by atoms with Gasteiger partial charge in [-0.1, -0.05) is 30.3 Å². The van der Waals surface area contributed by atoms with Gasteiger partial charge in [0.15, 0.2) is 5.82 Å². The molecule has 5 rings (SSSR count). The summed E-state index contributed by atoms with van der Waals surface area (Å²) in [6, 6.07) is 9.88. The Morgan fingerprint density at radius 2 is 2.00 bits per heavy atom. The fourth-order valence-electron chi connectivity index (χ4n) is 4.50. The molecule has 4 heterocycles. The van der Waals surface area contributed by atoms with E-state index in [1.54, 1.807) is 16.0 Å². The lowest BCUT2D eigenvalue weighted by atomic mass is 10.1. The van der Waals surface area contributed by atoms with Crippen LogP contribution in [0.15, 0.2) is 48.9 Å². The number of anilines is 1. The Bertz CT molecular complexity index is 1150. The van der Waals surface area contributed by atoms with Crippen LogP contribution in [0.2, 0.25) is 0 Å². The number of carbonyl (C=O) groups is 2. The molecule has 1 fully saturated rings. The van der Waals surface area contributed by atoms with Crippen molar-refractivity contribution >= 4 is 17.6 Å². The number of hydrogen-bond donors (Lipinski definition) is 0. The second kappa shape index (κ2) is 8.45. The molecular formula is C24H24N6O2. The molecule has 2 aliphatic heterocycles.